The second kappa shape index (κ2) is 9.78. The van der Waals surface area contributed by atoms with E-state index in [0.29, 0.717) is 0 Å². The lowest BCUT2D eigenvalue weighted by molar-refractivity contribution is 0.0597. The fraction of sp³-hybridized carbons (Fsp3) is 0.667. The Hall–Kier alpha value is -1.06. The van der Waals surface area contributed by atoms with E-state index in [1.807, 2.05) is 0 Å². The Morgan fingerprint density at radius 1 is 0.700 bits per heavy atom. The maximum absolute atomic E-state index is 11.2. The van der Waals surface area contributed by atoms with Crippen molar-refractivity contribution in [3.63, 3.8) is 0 Å². The highest BCUT2D eigenvalue weighted by atomic mass is 32.2. The summed E-state index contributed by atoms with van der Waals surface area (Å²) in [5, 5.41) is 0. The molecule has 0 rings (SSSR count). The average Bonchev–Trinajstić information content (AvgIpc) is 2.32. The molecule has 114 valence electrons. The summed E-state index contributed by atoms with van der Waals surface area (Å²) < 4.78 is 54.9. The van der Waals surface area contributed by atoms with Gasteiger partial charge in [0, 0.05) is 0 Å². The minimum atomic E-state index is -3.25. The first kappa shape index (κ1) is 18.9. The van der Waals surface area contributed by atoms with Crippen molar-refractivity contribution in [2.24, 2.45) is 0 Å². The molecule has 0 heterocycles. The van der Waals surface area contributed by atoms with Crippen LogP contribution in [0.3, 0.4) is 0 Å². The zero-order valence-corrected chi connectivity index (χ0v) is 12.7. The lowest BCUT2D eigenvalue weighted by Crippen LogP contribution is -2.18. The van der Waals surface area contributed by atoms with Crippen LogP contribution in [0.4, 0.5) is 0 Å². The first-order chi connectivity index (χ1) is 9.33. The van der Waals surface area contributed by atoms with Gasteiger partial charge in [0.1, 0.15) is 11.5 Å². The Balaban J connectivity index is 3.57. The largest absolute Gasteiger partial charge is 0.378 e. The van der Waals surface area contributed by atoms with Crippen LogP contribution in [0.5, 0.6) is 0 Å². The Morgan fingerprint density at radius 3 is 1.35 bits per heavy atom. The number of hydrogen-bond donors (Lipinski definition) is 0. The molecule has 0 unspecified atom stereocenters. The average molecular weight is 322 g/mol. The second-order valence-electron chi connectivity index (χ2n) is 3.82. The smallest absolute Gasteiger partial charge is 0.163 e. The van der Waals surface area contributed by atoms with Crippen LogP contribution < -0.4 is 0 Å². The quantitative estimate of drug-likeness (QED) is 0.362. The molecule has 0 aromatic carbocycles. The first-order valence-electron chi connectivity index (χ1n) is 5.76. The van der Waals surface area contributed by atoms with Gasteiger partial charge in [0.25, 0.3) is 0 Å². The summed E-state index contributed by atoms with van der Waals surface area (Å²) in [6.45, 7) is 0.424. The SMILES string of the molecule is C#CCS(=O)(=O)CCOCCOCCS(=O)(=O)CC#C. The van der Waals surface area contributed by atoms with Crippen LogP contribution in [0, 0.1) is 24.7 Å². The van der Waals surface area contributed by atoms with Gasteiger partial charge in [0.15, 0.2) is 19.7 Å². The highest BCUT2D eigenvalue weighted by Crippen LogP contribution is 1.92. The molecule has 0 saturated heterocycles. The van der Waals surface area contributed by atoms with E-state index < -0.39 is 19.7 Å². The molecule has 0 fully saturated rings. The molecule has 0 aromatic heterocycles. The minimum absolute atomic E-state index is 0.0305. The van der Waals surface area contributed by atoms with Gasteiger partial charge in [-0.25, -0.2) is 16.8 Å². The molecule has 0 aliphatic rings. The third kappa shape index (κ3) is 10.8. The van der Waals surface area contributed by atoms with Crippen molar-refractivity contribution in [1.29, 1.82) is 0 Å². The fourth-order valence-corrected chi connectivity index (χ4v) is 2.63. The zero-order valence-electron chi connectivity index (χ0n) is 11.1. The van der Waals surface area contributed by atoms with Crippen molar-refractivity contribution in [3.05, 3.63) is 0 Å². The molecule has 20 heavy (non-hydrogen) atoms. The van der Waals surface area contributed by atoms with Crippen molar-refractivity contribution >= 4 is 19.7 Å². The van der Waals surface area contributed by atoms with Gasteiger partial charge in [0.2, 0.25) is 0 Å². The van der Waals surface area contributed by atoms with Gasteiger partial charge < -0.3 is 9.47 Å². The van der Waals surface area contributed by atoms with Crippen LogP contribution in [0.15, 0.2) is 0 Å². The normalized spacial score (nSPS) is 11.7. The topological polar surface area (TPSA) is 86.7 Å². The Morgan fingerprint density at radius 2 is 1.05 bits per heavy atom. The van der Waals surface area contributed by atoms with E-state index in [4.69, 9.17) is 22.3 Å². The molecule has 0 radical (unpaired) electrons. The second-order valence-corrected chi connectivity index (χ2v) is 8.19. The lowest BCUT2D eigenvalue weighted by atomic mass is 10.7. The Bertz CT molecular complexity index is 496. The van der Waals surface area contributed by atoms with Gasteiger partial charge in [-0.1, -0.05) is 11.8 Å². The van der Waals surface area contributed by atoms with Crippen molar-refractivity contribution in [2.45, 2.75) is 0 Å². The summed E-state index contributed by atoms with van der Waals surface area (Å²) in [6, 6.07) is 0. The number of ether oxygens (including phenoxy) is 2. The van der Waals surface area contributed by atoms with E-state index in [-0.39, 0.29) is 49.4 Å². The molecule has 0 spiro atoms. The molecule has 0 aromatic rings. The van der Waals surface area contributed by atoms with Gasteiger partial charge >= 0.3 is 0 Å². The summed E-state index contributed by atoms with van der Waals surface area (Å²) in [5.41, 5.74) is 0. The number of sulfone groups is 2. The van der Waals surface area contributed by atoms with Crippen LogP contribution in [0.25, 0.3) is 0 Å². The molecule has 0 N–H and O–H groups in total. The van der Waals surface area contributed by atoms with Crippen molar-refractivity contribution < 1.29 is 26.3 Å². The van der Waals surface area contributed by atoms with Crippen LogP contribution in [-0.4, -0.2) is 66.3 Å². The summed E-state index contributed by atoms with van der Waals surface area (Å²) >= 11 is 0. The summed E-state index contributed by atoms with van der Waals surface area (Å²) in [7, 11) is -6.51. The van der Waals surface area contributed by atoms with Gasteiger partial charge in [-0.15, -0.1) is 12.8 Å². The number of terminal acetylenes is 2. The summed E-state index contributed by atoms with van der Waals surface area (Å²) in [4.78, 5) is 0. The third-order valence-electron chi connectivity index (χ3n) is 2.06. The molecule has 0 aliphatic carbocycles. The van der Waals surface area contributed by atoms with E-state index in [2.05, 4.69) is 11.8 Å². The van der Waals surface area contributed by atoms with E-state index in [1.165, 1.54) is 0 Å². The molecule has 0 aliphatic heterocycles. The van der Waals surface area contributed by atoms with Gasteiger partial charge in [-0.2, -0.15) is 0 Å². The maximum Gasteiger partial charge on any atom is 0.163 e. The van der Waals surface area contributed by atoms with Crippen molar-refractivity contribution in [3.8, 4) is 24.7 Å². The van der Waals surface area contributed by atoms with Gasteiger partial charge in [0.05, 0.1) is 37.9 Å². The van der Waals surface area contributed by atoms with Crippen LogP contribution in [0.2, 0.25) is 0 Å². The van der Waals surface area contributed by atoms with E-state index >= 15 is 0 Å². The fourth-order valence-electron chi connectivity index (χ4n) is 1.09. The zero-order chi connectivity index (χ0) is 15.5. The molecular weight excluding hydrogens is 304 g/mol. The monoisotopic (exact) mass is 322 g/mol. The van der Waals surface area contributed by atoms with E-state index in [9.17, 15) is 16.8 Å². The first-order valence-corrected chi connectivity index (χ1v) is 9.40. The van der Waals surface area contributed by atoms with E-state index in [0.717, 1.165) is 0 Å². The van der Waals surface area contributed by atoms with Gasteiger partial charge in [-0.05, 0) is 0 Å². The summed E-state index contributed by atoms with van der Waals surface area (Å²) in [6.07, 6.45) is 9.81. The highest BCUT2D eigenvalue weighted by Gasteiger charge is 2.09. The number of hydrogen-bond acceptors (Lipinski definition) is 6. The molecule has 8 heteroatoms. The van der Waals surface area contributed by atoms with E-state index in [1.54, 1.807) is 0 Å². The lowest BCUT2D eigenvalue weighted by Gasteiger charge is -2.05. The van der Waals surface area contributed by atoms with Crippen LogP contribution in [-0.2, 0) is 29.1 Å². The molecular formula is C12H18O6S2. The van der Waals surface area contributed by atoms with Crippen LogP contribution in [0.1, 0.15) is 0 Å². The van der Waals surface area contributed by atoms with Gasteiger partial charge in [-0.3, -0.25) is 0 Å². The predicted molar refractivity (Wildman–Crippen MR) is 76.6 cm³/mol. The van der Waals surface area contributed by atoms with Crippen LogP contribution >= 0.6 is 0 Å². The standard InChI is InChI=1S/C12H18O6S2/c1-3-9-19(13,14)11-7-17-5-6-18-8-12-20(15,16)10-4-2/h1-2H,5-12H2. The Labute approximate surface area is 120 Å². The molecule has 0 bridgehead atoms. The minimum Gasteiger partial charge on any atom is -0.378 e. The summed E-state index contributed by atoms with van der Waals surface area (Å²) in [5.74, 6) is 3.22. The highest BCUT2D eigenvalue weighted by molar-refractivity contribution is 7.91. The third-order valence-corrected chi connectivity index (χ3v) is 4.85. The molecule has 0 saturated carbocycles. The molecule has 6 nitrogen and oxygen atoms in total. The Kier molecular flexibility index (Phi) is 9.26. The molecule has 0 atom stereocenters. The molecule has 0 amide bonds. The maximum atomic E-state index is 11.2. The number of rotatable bonds is 11. The predicted octanol–water partition coefficient (Wildman–Crippen LogP) is -0.884. The van der Waals surface area contributed by atoms with Crippen molar-refractivity contribution in [2.75, 3.05) is 49.4 Å². The van der Waals surface area contributed by atoms with Crippen molar-refractivity contribution in [1.82, 2.24) is 0 Å².